The molecular weight excluding hydrogens is 456 g/mol. The Bertz CT molecular complexity index is 1260. The van der Waals surface area contributed by atoms with E-state index in [2.05, 4.69) is 21.8 Å². The fourth-order valence-electron chi connectivity index (χ4n) is 4.85. The van der Waals surface area contributed by atoms with Crippen LogP contribution < -0.4 is 10.6 Å². The fourth-order valence-corrected chi connectivity index (χ4v) is 4.85. The minimum Gasteiger partial charge on any atom is -0.450 e. The average molecular weight is 489 g/mol. The normalized spacial score (nSPS) is 16.5. The molecule has 2 N–H and O–H groups in total. The lowest BCUT2D eigenvalue weighted by atomic mass is 9.95. The molecule has 9 heteroatoms. The fraction of sp³-hybridized carbons (Fsp3) is 0.407. The molecule has 2 amide bonds. The molecule has 1 fully saturated rings. The second-order valence-electron chi connectivity index (χ2n) is 9.26. The SMILES string of the molecule is CCOC(=O)N1CC=C(c2cccn3nc(Nc4ccc(C(=O)NC5CCCCC5)cc4)nc23)CC1. The molecule has 0 saturated heterocycles. The minimum absolute atomic E-state index is 0.0220. The van der Waals surface area contributed by atoms with Crippen molar-refractivity contribution in [3.8, 4) is 0 Å². The van der Waals surface area contributed by atoms with Crippen LogP contribution in [-0.4, -0.2) is 57.2 Å². The summed E-state index contributed by atoms with van der Waals surface area (Å²) in [5, 5.41) is 11.0. The molecule has 0 spiro atoms. The molecule has 0 unspecified atom stereocenters. The van der Waals surface area contributed by atoms with Gasteiger partial charge in [-0.2, -0.15) is 4.98 Å². The molecule has 3 heterocycles. The average Bonchev–Trinajstić information content (AvgIpc) is 3.32. The van der Waals surface area contributed by atoms with Gasteiger partial charge in [-0.3, -0.25) is 4.79 Å². The van der Waals surface area contributed by atoms with Crippen LogP contribution in [0.2, 0.25) is 0 Å². The predicted molar refractivity (Wildman–Crippen MR) is 138 cm³/mol. The molecule has 2 aromatic heterocycles. The van der Waals surface area contributed by atoms with E-state index in [1.54, 1.807) is 9.42 Å². The number of fused-ring (bicyclic) bond motifs is 1. The van der Waals surface area contributed by atoms with E-state index in [1.165, 1.54) is 19.3 Å². The molecule has 188 valence electrons. The van der Waals surface area contributed by atoms with E-state index in [0.29, 0.717) is 31.2 Å². The zero-order valence-electron chi connectivity index (χ0n) is 20.6. The summed E-state index contributed by atoms with van der Waals surface area (Å²) >= 11 is 0. The number of anilines is 2. The molecule has 0 atom stereocenters. The number of hydrogen-bond donors (Lipinski definition) is 2. The van der Waals surface area contributed by atoms with Crippen LogP contribution in [0.3, 0.4) is 0 Å². The van der Waals surface area contributed by atoms with E-state index in [4.69, 9.17) is 9.72 Å². The van der Waals surface area contributed by atoms with E-state index < -0.39 is 0 Å². The van der Waals surface area contributed by atoms with Gasteiger partial charge in [-0.05, 0) is 68.2 Å². The summed E-state index contributed by atoms with van der Waals surface area (Å²) in [6.45, 7) is 3.29. The van der Waals surface area contributed by atoms with Crippen LogP contribution in [0.25, 0.3) is 11.2 Å². The maximum Gasteiger partial charge on any atom is 0.410 e. The lowest BCUT2D eigenvalue weighted by molar-refractivity contribution is 0.0927. The molecule has 1 aliphatic carbocycles. The Labute approximate surface area is 210 Å². The minimum atomic E-state index is -0.280. The first kappa shape index (κ1) is 23.8. The molecule has 2 aliphatic rings. The Kier molecular flexibility index (Phi) is 7.16. The van der Waals surface area contributed by atoms with Crippen molar-refractivity contribution in [3.05, 3.63) is 59.8 Å². The van der Waals surface area contributed by atoms with Crippen molar-refractivity contribution < 1.29 is 14.3 Å². The number of amides is 2. The highest BCUT2D eigenvalue weighted by Crippen LogP contribution is 2.27. The first-order valence-corrected chi connectivity index (χ1v) is 12.7. The number of aromatic nitrogens is 3. The summed E-state index contributed by atoms with van der Waals surface area (Å²) in [4.78, 5) is 31.0. The zero-order chi connectivity index (χ0) is 24.9. The first-order valence-electron chi connectivity index (χ1n) is 12.7. The Morgan fingerprint density at radius 2 is 1.92 bits per heavy atom. The highest BCUT2D eigenvalue weighted by Gasteiger charge is 2.21. The van der Waals surface area contributed by atoms with Crippen molar-refractivity contribution >= 4 is 34.9 Å². The number of benzene rings is 1. The summed E-state index contributed by atoms with van der Waals surface area (Å²) in [6, 6.07) is 11.6. The quantitative estimate of drug-likeness (QED) is 0.518. The number of pyridine rings is 1. The van der Waals surface area contributed by atoms with Gasteiger partial charge in [-0.15, -0.1) is 5.10 Å². The summed E-state index contributed by atoms with van der Waals surface area (Å²) in [7, 11) is 0. The summed E-state index contributed by atoms with van der Waals surface area (Å²) in [5.41, 5.74) is 4.34. The Morgan fingerprint density at radius 1 is 1.11 bits per heavy atom. The van der Waals surface area contributed by atoms with Crippen LogP contribution in [0.4, 0.5) is 16.4 Å². The maximum atomic E-state index is 12.6. The first-order chi connectivity index (χ1) is 17.6. The van der Waals surface area contributed by atoms with Gasteiger partial charge in [0, 0.05) is 42.1 Å². The van der Waals surface area contributed by atoms with Crippen molar-refractivity contribution in [1.82, 2.24) is 24.8 Å². The third-order valence-corrected chi connectivity index (χ3v) is 6.79. The van der Waals surface area contributed by atoms with E-state index in [-0.39, 0.29) is 18.0 Å². The summed E-state index contributed by atoms with van der Waals surface area (Å²) < 4.78 is 6.86. The van der Waals surface area contributed by atoms with E-state index in [9.17, 15) is 9.59 Å². The number of nitrogens with one attached hydrogen (secondary N) is 2. The molecule has 36 heavy (non-hydrogen) atoms. The van der Waals surface area contributed by atoms with Crippen molar-refractivity contribution in [2.24, 2.45) is 0 Å². The number of hydrogen-bond acceptors (Lipinski definition) is 6. The summed E-state index contributed by atoms with van der Waals surface area (Å²) in [6.07, 6.45) is 10.1. The van der Waals surface area contributed by atoms with Gasteiger partial charge in [0.05, 0.1) is 6.61 Å². The number of nitrogens with zero attached hydrogens (tertiary/aromatic N) is 4. The second kappa shape index (κ2) is 10.8. The largest absolute Gasteiger partial charge is 0.450 e. The number of carbonyl (C=O) groups is 2. The standard InChI is InChI=1S/C27H32N6O3/c1-2-36-27(35)32-17-14-19(15-18-32)23-9-6-16-33-24(23)30-26(31-33)29-22-12-10-20(11-13-22)25(34)28-21-7-4-3-5-8-21/h6,9-14,16,21H,2-5,7-8,15,17-18H2,1H3,(H,28,34)(H,29,31). The zero-order valence-corrected chi connectivity index (χ0v) is 20.6. The lowest BCUT2D eigenvalue weighted by Crippen LogP contribution is -2.36. The van der Waals surface area contributed by atoms with Crippen LogP contribution >= 0.6 is 0 Å². The Hall–Kier alpha value is -3.88. The van der Waals surface area contributed by atoms with Gasteiger partial charge in [0.15, 0.2) is 5.65 Å². The van der Waals surface area contributed by atoms with Crippen LogP contribution in [0.15, 0.2) is 48.7 Å². The van der Waals surface area contributed by atoms with E-state index >= 15 is 0 Å². The van der Waals surface area contributed by atoms with Crippen LogP contribution in [0.5, 0.6) is 0 Å². The molecule has 0 bridgehead atoms. The number of carbonyl (C=O) groups excluding carboxylic acids is 2. The smallest absolute Gasteiger partial charge is 0.410 e. The topological polar surface area (TPSA) is 101 Å². The van der Waals surface area contributed by atoms with Crippen molar-refractivity contribution in [3.63, 3.8) is 0 Å². The van der Waals surface area contributed by atoms with E-state index in [1.807, 2.05) is 49.5 Å². The molecule has 3 aromatic rings. The second-order valence-corrected chi connectivity index (χ2v) is 9.26. The molecule has 1 aromatic carbocycles. The van der Waals surface area contributed by atoms with Gasteiger partial charge < -0.3 is 20.3 Å². The maximum absolute atomic E-state index is 12.6. The molecule has 1 aliphatic heterocycles. The highest BCUT2D eigenvalue weighted by atomic mass is 16.6. The molecule has 5 rings (SSSR count). The van der Waals surface area contributed by atoms with Crippen molar-refractivity contribution in [2.75, 3.05) is 25.0 Å². The molecular formula is C27H32N6O3. The third kappa shape index (κ3) is 5.35. The third-order valence-electron chi connectivity index (χ3n) is 6.79. The van der Waals surface area contributed by atoms with Gasteiger partial charge >= 0.3 is 6.09 Å². The molecule has 9 nitrogen and oxygen atoms in total. The number of rotatable bonds is 6. The van der Waals surface area contributed by atoms with Gasteiger partial charge in [0.2, 0.25) is 5.95 Å². The lowest BCUT2D eigenvalue weighted by Gasteiger charge is -2.25. The molecule has 1 saturated carbocycles. The van der Waals surface area contributed by atoms with E-state index in [0.717, 1.165) is 41.7 Å². The van der Waals surface area contributed by atoms with Gasteiger partial charge in [0.25, 0.3) is 5.91 Å². The number of ether oxygens (including phenoxy) is 1. The van der Waals surface area contributed by atoms with Crippen molar-refractivity contribution in [1.29, 1.82) is 0 Å². The summed E-state index contributed by atoms with van der Waals surface area (Å²) in [5.74, 6) is 0.456. The van der Waals surface area contributed by atoms with Gasteiger partial charge in [0.1, 0.15) is 0 Å². The molecule has 0 radical (unpaired) electrons. The Morgan fingerprint density at radius 3 is 2.64 bits per heavy atom. The van der Waals surface area contributed by atoms with Gasteiger partial charge in [-0.25, -0.2) is 9.31 Å². The highest BCUT2D eigenvalue weighted by molar-refractivity contribution is 5.94. The van der Waals surface area contributed by atoms with Crippen LogP contribution in [-0.2, 0) is 4.74 Å². The van der Waals surface area contributed by atoms with Crippen LogP contribution in [0, 0.1) is 0 Å². The monoisotopic (exact) mass is 488 g/mol. The predicted octanol–water partition coefficient (Wildman–Crippen LogP) is 4.78. The van der Waals surface area contributed by atoms with Crippen molar-refractivity contribution in [2.45, 2.75) is 51.5 Å². The Balaban J connectivity index is 1.26. The van der Waals surface area contributed by atoms with Gasteiger partial charge in [-0.1, -0.05) is 25.3 Å². The van der Waals surface area contributed by atoms with Crippen LogP contribution in [0.1, 0.15) is 61.4 Å².